The van der Waals surface area contributed by atoms with Crippen molar-refractivity contribution < 1.29 is 42.1 Å². The number of piperidine rings is 1. The summed E-state index contributed by atoms with van der Waals surface area (Å²) in [7, 11) is 0. The van der Waals surface area contributed by atoms with Crippen LogP contribution in [-0.4, -0.2) is 63.9 Å². The van der Waals surface area contributed by atoms with Crippen molar-refractivity contribution in [3.8, 4) is 5.88 Å². The molecule has 1 fully saturated rings. The maximum absolute atomic E-state index is 12.4. The minimum absolute atomic E-state index is 0.0869. The van der Waals surface area contributed by atoms with E-state index in [1.54, 1.807) is 24.2 Å². The molecule has 0 saturated carbocycles. The Morgan fingerprint density at radius 1 is 1.29 bits per heavy atom. The van der Waals surface area contributed by atoms with E-state index in [0.717, 1.165) is 30.8 Å². The number of aromatic nitrogens is 1. The summed E-state index contributed by atoms with van der Waals surface area (Å²) in [6.45, 7) is 1.93. The van der Waals surface area contributed by atoms with E-state index >= 15 is 0 Å². The van der Waals surface area contributed by atoms with Crippen LogP contribution in [0.1, 0.15) is 19.3 Å². The van der Waals surface area contributed by atoms with Crippen molar-refractivity contribution in [1.29, 1.82) is 0 Å². The molecule has 4 N–H and O–H groups in total. The molecule has 0 spiro atoms. The lowest BCUT2D eigenvalue weighted by Gasteiger charge is -2.30. The molecule has 0 bridgehead atoms. The summed E-state index contributed by atoms with van der Waals surface area (Å²) in [6.07, 6.45) is -0.871. The number of nitrogens with zero attached hydrogens (tertiary/aromatic N) is 2. The molecule has 174 valence electrons. The summed E-state index contributed by atoms with van der Waals surface area (Å²) < 4.78 is 51.7. The molecule has 0 unspecified atom stereocenters. The van der Waals surface area contributed by atoms with Crippen LogP contribution >= 0.6 is 11.9 Å². The van der Waals surface area contributed by atoms with Crippen LogP contribution in [-0.2, 0) is 9.59 Å². The van der Waals surface area contributed by atoms with Crippen molar-refractivity contribution >= 4 is 23.9 Å². The van der Waals surface area contributed by atoms with Gasteiger partial charge in [-0.3, -0.25) is 4.79 Å². The van der Waals surface area contributed by atoms with Crippen molar-refractivity contribution in [1.82, 2.24) is 9.29 Å². The molecule has 2 heterocycles. The highest BCUT2D eigenvalue weighted by Crippen LogP contribution is 2.29. The first kappa shape index (κ1) is 26.7. The molecule has 13 heteroatoms. The number of rotatable bonds is 8. The van der Waals surface area contributed by atoms with E-state index in [1.165, 1.54) is 0 Å². The van der Waals surface area contributed by atoms with Gasteiger partial charge in [0.1, 0.15) is 6.61 Å². The van der Waals surface area contributed by atoms with Gasteiger partial charge >= 0.3 is 18.1 Å². The quantitative estimate of drug-likeness (QED) is 0.389. The third-order valence-electron chi connectivity index (χ3n) is 4.04. The van der Waals surface area contributed by atoms with E-state index in [-0.39, 0.29) is 25.5 Å². The Morgan fingerprint density at radius 2 is 1.90 bits per heavy atom. The minimum atomic E-state index is -5.08. The van der Waals surface area contributed by atoms with Crippen molar-refractivity contribution in [2.75, 3.05) is 26.2 Å². The number of alkyl halides is 3. The molecule has 0 radical (unpaired) electrons. The molecule has 0 aliphatic carbocycles. The predicted molar refractivity (Wildman–Crippen MR) is 104 cm³/mol. The maximum Gasteiger partial charge on any atom is 0.490 e. The molecule has 8 nitrogen and oxygen atoms in total. The lowest BCUT2D eigenvalue weighted by atomic mass is 9.95. The number of nitrogens with two attached hydrogens (primary N) is 1. The van der Waals surface area contributed by atoms with Crippen molar-refractivity contribution in [3.63, 3.8) is 0 Å². The normalized spacial score (nSPS) is 15.7. The van der Waals surface area contributed by atoms with Gasteiger partial charge in [0.15, 0.2) is 0 Å². The van der Waals surface area contributed by atoms with Crippen LogP contribution in [0.3, 0.4) is 0 Å². The van der Waals surface area contributed by atoms with E-state index in [4.69, 9.17) is 25.5 Å². The van der Waals surface area contributed by atoms with Gasteiger partial charge in [-0.1, -0.05) is 0 Å². The number of halogens is 4. The highest BCUT2D eigenvalue weighted by Gasteiger charge is 2.38. The molecule has 31 heavy (non-hydrogen) atoms. The standard InChI is InChI=1S/C16H22FN3O3S.C2HF3O2/c17-8-13(9-18)11-23-15-2-1-14(10-19-15)24-20-5-3-12(4-6-20)7-16(21)22;3-2(4,5)1(6)7/h1-2,8,10,12H,3-7,9,11,18H2,(H,21,22);(H,6,7)/b13-8+;. The number of ether oxygens (including phenoxy) is 1. The Morgan fingerprint density at radius 3 is 2.32 bits per heavy atom. The fraction of sp³-hybridized carbons (Fsp3) is 0.500. The molecule has 0 aromatic carbocycles. The molecule has 2 rings (SSSR count). The third kappa shape index (κ3) is 11.0. The first-order chi connectivity index (χ1) is 14.5. The molecule has 1 aliphatic rings. The Bertz CT molecular complexity index is 739. The van der Waals surface area contributed by atoms with Crippen LogP contribution in [0.15, 0.2) is 35.1 Å². The Balaban J connectivity index is 0.000000592. The van der Waals surface area contributed by atoms with Gasteiger partial charge in [-0.2, -0.15) is 13.2 Å². The van der Waals surface area contributed by atoms with Gasteiger partial charge in [-0.05, 0) is 36.8 Å². The van der Waals surface area contributed by atoms with E-state index in [9.17, 15) is 22.4 Å². The molecule has 0 amide bonds. The zero-order valence-electron chi connectivity index (χ0n) is 16.3. The predicted octanol–water partition coefficient (Wildman–Crippen LogP) is 3.10. The number of pyridine rings is 1. The second-order valence-corrected chi connectivity index (χ2v) is 7.63. The fourth-order valence-electron chi connectivity index (χ4n) is 2.41. The number of aliphatic carboxylic acids is 2. The zero-order valence-corrected chi connectivity index (χ0v) is 17.2. The summed E-state index contributed by atoms with van der Waals surface area (Å²) >= 11 is 1.60. The van der Waals surface area contributed by atoms with Crippen molar-refractivity contribution in [2.45, 2.75) is 30.3 Å². The average molecular weight is 469 g/mol. The lowest BCUT2D eigenvalue weighted by molar-refractivity contribution is -0.192. The molecular formula is C18H23F4N3O5S. The van der Waals surface area contributed by atoms with Crippen LogP contribution in [0, 0.1) is 5.92 Å². The van der Waals surface area contributed by atoms with Gasteiger partial charge in [-0.15, -0.1) is 0 Å². The fourth-order valence-corrected chi connectivity index (χ4v) is 3.33. The Labute approximate surface area is 180 Å². The highest BCUT2D eigenvalue weighted by atomic mass is 32.2. The Hall–Kier alpha value is -2.38. The first-order valence-electron chi connectivity index (χ1n) is 9.07. The van der Waals surface area contributed by atoms with Crippen LogP contribution < -0.4 is 10.5 Å². The van der Waals surface area contributed by atoms with E-state index in [2.05, 4.69) is 9.29 Å². The van der Waals surface area contributed by atoms with Gasteiger partial charge < -0.3 is 20.7 Å². The number of carbonyl (C=O) groups is 2. The lowest BCUT2D eigenvalue weighted by Crippen LogP contribution is -2.29. The molecule has 1 saturated heterocycles. The van der Waals surface area contributed by atoms with Gasteiger partial charge in [0, 0.05) is 48.8 Å². The van der Waals surface area contributed by atoms with Crippen LogP contribution in [0.5, 0.6) is 5.88 Å². The van der Waals surface area contributed by atoms with Crippen molar-refractivity contribution in [3.05, 3.63) is 30.2 Å². The topological polar surface area (TPSA) is 126 Å². The molecule has 1 aromatic rings. The van der Waals surface area contributed by atoms with Crippen LogP contribution in [0.25, 0.3) is 0 Å². The Kier molecular flexibility index (Phi) is 11.3. The first-order valence-corrected chi connectivity index (χ1v) is 9.84. The molecular weight excluding hydrogens is 446 g/mol. The largest absolute Gasteiger partial charge is 0.490 e. The van der Waals surface area contributed by atoms with Gasteiger partial charge in [0.25, 0.3) is 0 Å². The summed E-state index contributed by atoms with van der Waals surface area (Å²) in [5.74, 6) is -2.78. The monoisotopic (exact) mass is 469 g/mol. The summed E-state index contributed by atoms with van der Waals surface area (Å²) in [4.78, 5) is 24.8. The summed E-state index contributed by atoms with van der Waals surface area (Å²) in [5.41, 5.74) is 5.74. The van der Waals surface area contributed by atoms with Crippen molar-refractivity contribution in [2.24, 2.45) is 11.7 Å². The summed E-state index contributed by atoms with van der Waals surface area (Å²) in [6, 6.07) is 3.64. The minimum Gasteiger partial charge on any atom is -0.481 e. The number of carboxylic acids is 2. The van der Waals surface area contributed by atoms with Crippen LogP contribution in [0.2, 0.25) is 0 Å². The van der Waals surface area contributed by atoms with E-state index < -0.39 is 18.1 Å². The van der Waals surface area contributed by atoms with Gasteiger partial charge in [-0.25, -0.2) is 18.5 Å². The maximum atomic E-state index is 12.4. The number of carboxylic acid groups (broad SMARTS) is 2. The smallest absolute Gasteiger partial charge is 0.481 e. The van der Waals surface area contributed by atoms with Crippen LogP contribution in [0.4, 0.5) is 17.6 Å². The van der Waals surface area contributed by atoms with Gasteiger partial charge in [0.2, 0.25) is 5.88 Å². The third-order valence-corrected chi connectivity index (χ3v) is 5.12. The molecule has 0 atom stereocenters. The van der Waals surface area contributed by atoms with Gasteiger partial charge in [0.05, 0.1) is 6.33 Å². The highest BCUT2D eigenvalue weighted by molar-refractivity contribution is 7.97. The van der Waals surface area contributed by atoms with E-state index in [1.807, 2.05) is 6.07 Å². The van der Waals surface area contributed by atoms with E-state index in [0.29, 0.717) is 17.8 Å². The molecule has 1 aromatic heterocycles. The number of hydrogen-bond donors (Lipinski definition) is 3. The number of hydrogen-bond acceptors (Lipinski definition) is 7. The molecule has 1 aliphatic heterocycles. The SMILES string of the molecule is NC/C(=C\F)COc1ccc(SN2CCC(CC(=O)O)CC2)cn1.O=C(O)C(F)(F)F. The average Bonchev–Trinajstić information content (AvgIpc) is 2.71. The second kappa shape index (κ2) is 13.1. The zero-order chi connectivity index (χ0) is 23.4. The summed E-state index contributed by atoms with van der Waals surface area (Å²) in [5, 5.41) is 16.0. The second-order valence-electron chi connectivity index (χ2n) is 6.46.